The van der Waals surface area contributed by atoms with Gasteiger partial charge in [-0.15, -0.1) is 0 Å². The fourth-order valence-corrected chi connectivity index (χ4v) is 1.51. The largest absolute Gasteiger partial charge is 0.388 e. The van der Waals surface area contributed by atoms with Crippen LogP contribution < -0.4 is 5.32 Å². The third-order valence-corrected chi connectivity index (χ3v) is 2.05. The van der Waals surface area contributed by atoms with Crippen LogP contribution in [0.4, 0.5) is 5.69 Å². The number of alkyl halides is 1. The van der Waals surface area contributed by atoms with Gasteiger partial charge in [0.05, 0.1) is 0 Å². The summed E-state index contributed by atoms with van der Waals surface area (Å²) in [7, 11) is 1.95. The molecule has 2 heteroatoms. The van der Waals surface area contributed by atoms with E-state index in [2.05, 4.69) is 39.4 Å². The average molecular weight is 214 g/mol. The fraction of sp³-hybridized carbons (Fsp3) is 0.333. The van der Waals surface area contributed by atoms with E-state index in [0.29, 0.717) is 0 Å². The Kier molecular flexibility index (Phi) is 3.43. The van der Waals surface area contributed by atoms with E-state index in [1.807, 2.05) is 13.1 Å². The Bertz CT molecular complexity index is 223. The molecule has 0 bridgehead atoms. The molecule has 0 unspecified atom stereocenters. The molecule has 0 atom stereocenters. The molecule has 0 amide bonds. The zero-order valence-corrected chi connectivity index (χ0v) is 8.19. The molecular weight excluding hydrogens is 202 g/mol. The highest BCUT2D eigenvalue weighted by Crippen LogP contribution is 2.14. The summed E-state index contributed by atoms with van der Waals surface area (Å²) in [4.78, 5) is 0. The topological polar surface area (TPSA) is 12.0 Å². The molecule has 1 rings (SSSR count). The molecular formula is C9H12BrN. The summed E-state index contributed by atoms with van der Waals surface area (Å²) in [6, 6.07) is 8.35. The number of nitrogens with one attached hydrogen (secondary N) is 1. The van der Waals surface area contributed by atoms with Gasteiger partial charge in [0, 0.05) is 18.1 Å². The van der Waals surface area contributed by atoms with Crippen LogP contribution in [0.25, 0.3) is 0 Å². The van der Waals surface area contributed by atoms with Crippen molar-refractivity contribution in [1.82, 2.24) is 0 Å². The van der Waals surface area contributed by atoms with Crippen molar-refractivity contribution in [2.75, 3.05) is 17.7 Å². The lowest BCUT2D eigenvalue weighted by atomic mass is 10.1. The van der Waals surface area contributed by atoms with Crippen molar-refractivity contribution in [3.05, 3.63) is 29.8 Å². The molecule has 11 heavy (non-hydrogen) atoms. The quantitative estimate of drug-likeness (QED) is 0.762. The van der Waals surface area contributed by atoms with Crippen LogP contribution in [0.2, 0.25) is 0 Å². The van der Waals surface area contributed by atoms with Gasteiger partial charge in [-0.3, -0.25) is 0 Å². The maximum absolute atomic E-state index is 3.42. The smallest absolute Gasteiger partial charge is 0.0370 e. The zero-order valence-electron chi connectivity index (χ0n) is 6.60. The Balaban J connectivity index is 2.83. The molecule has 0 aliphatic heterocycles. The number of halogens is 1. The lowest BCUT2D eigenvalue weighted by molar-refractivity contribution is 1.16. The molecule has 1 aromatic carbocycles. The number of hydrogen-bond donors (Lipinski definition) is 1. The highest BCUT2D eigenvalue weighted by molar-refractivity contribution is 9.09. The lowest BCUT2D eigenvalue weighted by Crippen LogP contribution is -1.95. The molecule has 60 valence electrons. The van der Waals surface area contributed by atoms with E-state index in [1.54, 1.807) is 0 Å². The van der Waals surface area contributed by atoms with Crippen molar-refractivity contribution in [3.8, 4) is 0 Å². The van der Waals surface area contributed by atoms with E-state index >= 15 is 0 Å². The number of aryl methyl sites for hydroxylation is 1. The first-order valence-corrected chi connectivity index (χ1v) is 4.82. The summed E-state index contributed by atoms with van der Waals surface area (Å²) in [5.74, 6) is 0. The van der Waals surface area contributed by atoms with Crippen LogP contribution >= 0.6 is 15.9 Å². The minimum absolute atomic E-state index is 1.02. The Morgan fingerprint density at radius 1 is 1.36 bits per heavy atom. The number of anilines is 1. The molecule has 0 radical (unpaired) electrons. The second-order valence-electron chi connectivity index (χ2n) is 2.35. The van der Waals surface area contributed by atoms with Gasteiger partial charge in [0.1, 0.15) is 0 Å². The maximum atomic E-state index is 3.42. The van der Waals surface area contributed by atoms with Crippen molar-refractivity contribution in [2.24, 2.45) is 0 Å². The van der Waals surface area contributed by atoms with Crippen LogP contribution in [0.15, 0.2) is 24.3 Å². The van der Waals surface area contributed by atoms with Crippen LogP contribution in [0.5, 0.6) is 0 Å². The first-order chi connectivity index (χ1) is 5.38. The molecule has 0 fully saturated rings. The van der Waals surface area contributed by atoms with E-state index in [9.17, 15) is 0 Å². The van der Waals surface area contributed by atoms with E-state index in [4.69, 9.17) is 0 Å². The van der Waals surface area contributed by atoms with Crippen molar-refractivity contribution in [1.29, 1.82) is 0 Å². The van der Waals surface area contributed by atoms with E-state index < -0.39 is 0 Å². The van der Waals surface area contributed by atoms with Crippen LogP contribution in [-0.2, 0) is 6.42 Å². The van der Waals surface area contributed by atoms with Crippen molar-refractivity contribution >= 4 is 21.6 Å². The zero-order chi connectivity index (χ0) is 8.10. The summed E-state index contributed by atoms with van der Waals surface area (Å²) >= 11 is 3.42. The summed E-state index contributed by atoms with van der Waals surface area (Å²) in [6.07, 6.45) is 1.08. The predicted octanol–water partition coefficient (Wildman–Crippen LogP) is 2.67. The number of benzene rings is 1. The van der Waals surface area contributed by atoms with Gasteiger partial charge in [-0.1, -0.05) is 34.1 Å². The molecule has 0 heterocycles. The molecule has 1 nitrogen and oxygen atoms in total. The monoisotopic (exact) mass is 213 g/mol. The Labute approximate surface area is 75.9 Å². The van der Waals surface area contributed by atoms with Gasteiger partial charge in [0.15, 0.2) is 0 Å². The van der Waals surface area contributed by atoms with Gasteiger partial charge in [-0.2, -0.15) is 0 Å². The first-order valence-electron chi connectivity index (χ1n) is 3.70. The third kappa shape index (κ3) is 2.22. The summed E-state index contributed by atoms with van der Waals surface area (Å²) in [5.41, 5.74) is 2.60. The number of hydrogen-bond acceptors (Lipinski definition) is 1. The Morgan fingerprint density at radius 2 is 2.09 bits per heavy atom. The third-order valence-electron chi connectivity index (χ3n) is 1.65. The molecule has 0 aliphatic carbocycles. The molecule has 1 aromatic rings. The molecule has 0 aromatic heterocycles. The Morgan fingerprint density at radius 3 is 2.73 bits per heavy atom. The second-order valence-corrected chi connectivity index (χ2v) is 3.14. The number of rotatable bonds is 3. The van der Waals surface area contributed by atoms with E-state index in [0.717, 1.165) is 11.8 Å². The lowest BCUT2D eigenvalue weighted by Gasteiger charge is -2.05. The van der Waals surface area contributed by atoms with Crippen LogP contribution in [0, 0.1) is 0 Å². The molecule has 0 saturated heterocycles. The van der Waals surface area contributed by atoms with Crippen LogP contribution in [0.3, 0.4) is 0 Å². The Hall–Kier alpha value is -0.500. The first kappa shape index (κ1) is 8.60. The normalized spacial score (nSPS) is 9.64. The van der Waals surface area contributed by atoms with Crippen LogP contribution in [-0.4, -0.2) is 12.4 Å². The van der Waals surface area contributed by atoms with E-state index in [-0.39, 0.29) is 0 Å². The number of para-hydroxylation sites is 1. The minimum atomic E-state index is 1.02. The van der Waals surface area contributed by atoms with Gasteiger partial charge in [-0.25, -0.2) is 0 Å². The van der Waals surface area contributed by atoms with Gasteiger partial charge >= 0.3 is 0 Å². The SMILES string of the molecule is CNc1ccccc1CCBr. The fourth-order valence-electron chi connectivity index (χ4n) is 1.08. The molecule has 0 aliphatic rings. The second kappa shape index (κ2) is 4.39. The highest BCUT2D eigenvalue weighted by atomic mass is 79.9. The average Bonchev–Trinajstić information content (AvgIpc) is 2.06. The molecule has 0 spiro atoms. The van der Waals surface area contributed by atoms with Gasteiger partial charge < -0.3 is 5.32 Å². The minimum Gasteiger partial charge on any atom is -0.388 e. The predicted molar refractivity (Wildman–Crippen MR) is 53.5 cm³/mol. The van der Waals surface area contributed by atoms with E-state index in [1.165, 1.54) is 11.3 Å². The summed E-state index contributed by atoms with van der Waals surface area (Å²) < 4.78 is 0. The standard InChI is InChI=1S/C9H12BrN/c1-11-9-5-3-2-4-8(9)6-7-10/h2-5,11H,6-7H2,1H3. The van der Waals surface area contributed by atoms with Gasteiger partial charge in [-0.05, 0) is 18.1 Å². The van der Waals surface area contributed by atoms with Gasteiger partial charge in [0.2, 0.25) is 0 Å². The van der Waals surface area contributed by atoms with Crippen LogP contribution in [0.1, 0.15) is 5.56 Å². The summed E-state index contributed by atoms with van der Waals surface area (Å²) in [6.45, 7) is 0. The maximum Gasteiger partial charge on any atom is 0.0370 e. The van der Waals surface area contributed by atoms with Crippen molar-refractivity contribution in [3.63, 3.8) is 0 Å². The summed E-state index contributed by atoms with van der Waals surface area (Å²) in [5, 5.41) is 4.18. The molecule has 0 saturated carbocycles. The van der Waals surface area contributed by atoms with Crippen molar-refractivity contribution < 1.29 is 0 Å². The highest BCUT2D eigenvalue weighted by Gasteiger charge is 1.96. The van der Waals surface area contributed by atoms with Gasteiger partial charge in [0.25, 0.3) is 0 Å². The van der Waals surface area contributed by atoms with Crippen molar-refractivity contribution in [2.45, 2.75) is 6.42 Å². The molecule has 1 N–H and O–H groups in total.